The average molecular weight is 1270 g/mol. The molecule has 0 aliphatic carbocycles. The number of unbranched alkanes of at least 4 members (excludes halogenated alkanes) is 3. The lowest BCUT2D eigenvalue weighted by Crippen LogP contribution is -2.52. The zero-order valence-corrected chi connectivity index (χ0v) is 52.3. The quantitative estimate of drug-likeness (QED) is 0.0370. The van der Waals surface area contributed by atoms with E-state index in [1.807, 2.05) is 24.0 Å². The molecular weight excluding hydrogens is 1180 g/mol. The highest BCUT2D eigenvalue weighted by molar-refractivity contribution is 6.08. The smallest absolute Gasteiger partial charge is 0.317 e. The number of hydrogen-bond donors (Lipinski definition) is 6. The number of amides is 5. The van der Waals surface area contributed by atoms with Crippen LogP contribution in [0.25, 0.3) is 10.9 Å². The summed E-state index contributed by atoms with van der Waals surface area (Å²) in [6.45, 7) is 6.18. The zero-order valence-electron chi connectivity index (χ0n) is 52.3. The van der Waals surface area contributed by atoms with Crippen molar-refractivity contribution in [2.24, 2.45) is 0 Å². The van der Waals surface area contributed by atoms with Crippen molar-refractivity contribution in [2.45, 2.75) is 115 Å². The van der Waals surface area contributed by atoms with Gasteiger partial charge in [0.25, 0.3) is 5.92 Å². The molecule has 2 aromatic carbocycles. The number of pyridine rings is 1. The molecule has 1 unspecified atom stereocenters. The van der Waals surface area contributed by atoms with Crippen LogP contribution in [0.5, 0.6) is 5.75 Å². The minimum atomic E-state index is -3.15. The highest BCUT2D eigenvalue weighted by Gasteiger charge is 2.47. The van der Waals surface area contributed by atoms with E-state index >= 15 is 0 Å². The van der Waals surface area contributed by atoms with Gasteiger partial charge >= 0.3 is 17.9 Å². The molecule has 0 spiro atoms. The number of aliphatic carboxylic acids is 3. The Morgan fingerprint density at radius 2 is 1.24 bits per heavy atom. The van der Waals surface area contributed by atoms with Gasteiger partial charge in [-0.05, 0) is 88.1 Å². The molecular formula is C64H90F2N12O13. The second-order valence-electron chi connectivity index (χ2n) is 23.8. The Morgan fingerprint density at radius 1 is 0.648 bits per heavy atom. The summed E-state index contributed by atoms with van der Waals surface area (Å²) < 4.78 is 33.9. The largest absolute Gasteiger partial charge is 0.494 e. The van der Waals surface area contributed by atoms with Crippen LogP contribution in [0, 0.1) is 18.3 Å². The first-order chi connectivity index (χ1) is 43.6. The van der Waals surface area contributed by atoms with Gasteiger partial charge < -0.3 is 45.8 Å². The number of aromatic nitrogens is 1. The van der Waals surface area contributed by atoms with E-state index in [0.29, 0.717) is 126 Å². The molecule has 3 aliphatic heterocycles. The number of ketones is 1. The van der Waals surface area contributed by atoms with Crippen LogP contribution in [0.1, 0.15) is 105 Å². The molecule has 2 atom stereocenters. The van der Waals surface area contributed by atoms with E-state index in [2.05, 4.69) is 38.0 Å². The van der Waals surface area contributed by atoms with Gasteiger partial charge in [-0.1, -0.05) is 36.2 Å². The Kier molecular flexibility index (Phi) is 29.8. The van der Waals surface area contributed by atoms with E-state index in [4.69, 9.17) is 4.74 Å². The van der Waals surface area contributed by atoms with Crippen LogP contribution >= 0.6 is 0 Å². The number of rotatable bonds is 34. The van der Waals surface area contributed by atoms with E-state index in [-0.39, 0.29) is 121 Å². The number of benzene rings is 2. The Balaban J connectivity index is 0.920. The number of piperazine rings is 1. The van der Waals surface area contributed by atoms with Crippen molar-refractivity contribution in [1.29, 1.82) is 5.26 Å². The molecule has 5 amide bonds. The first kappa shape index (κ1) is 72.3. The van der Waals surface area contributed by atoms with E-state index in [1.165, 1.54) is 11.8 Å². The minimum Gasteiger partial charge on any atom is -0.494 e. The van der Waals surface area contributed by atoms with Crippen LogP contribution in [0.3, 0.4) is 0 Å². The molecule has 498 valence electrons. The summed E-state index contributed by atoms with van der Waals surface area (Å²) in [4.78, 5) is 131. The molecule has 25 nitrogen and oxygen atoms in total. The number of carboxylic acids is 3. The van der Waals surface area contributed by atoms with Crippen molar-refractivity contribution in [3.63, 3.8) is 0 Å². The Hall–Kier alpha value is -7.77. The van der Waals surface area contributed by atoms with Crippen molar-refractivity contribution < 1.29 is 72.0 Å². The molecule has 3 saturated heterocycles. The third-order valence-electron chi connectivity index (χ3n) is 16.6. The topological polar surface area (TPSA) is 319 Å². The average Bonchev–Trinajstić information content (AvgIpc) is 1.89. The van der Waals surface area contributed by atoms with Gasteiger partial charge in [0, 0.05) is 147 Å². The predicted molar refractivity (Wildman–Crippen MR) is 332 cm³/mol. The first-order valence-electron chi connectivity index (χ1n) is 31.7. The van der Waals surface area contributed by atoms with Gasteiger partial charge in [0.2, 0.25) is 29.5 Å². The Bertz CT molecular complexity index is 2930. The normalized spacial score (nSPS) is 17.7. The number of carboxylic acid groups (broad SMARTS) is 3. The predicted octanol–water partition coefficient (Wildman–Crippen LogP) is 3.13. The molecule has 0 radical (unpaired) electrons. The fraction of sp³-hybridized carbons (Fsp3) is 0.609. The maximum absolute atomic E-state index is 13.9. The highest BCUT2D eigenvalue weighted by Crippen LogP contribution is 2.33. The Labute approximate surface area is 530 Å². The lowest BCUT2D eigenvalue weighted by Gasteiger charge is -2.34. The highest BCUT2D eigenvalue weighted by atomic mass is 19.3. The van der Waals surface area contributed by atoms with Gasteiger partial charge in [0.15, 0.2) is 5.78 Å². The van der Waals surface area contributed by atoms with Gasteiger partial charge in [0.05, 0.1) is 50.9 Å². The maximum Gasteiger partial charge on any atom is 0.317 e. The zero-order chi connectivity index (χ0) is 65.7. The Morgan fingerprint density at radius 3 is 1.86 bits per heavy atom. The van der Waals surface area contributed by atoms with Gasteiger partial charge in [-0.2, -0.15) is 5.26 Å². The summed E-state index contributed by atoms with van der Waals surface area (Å²) >= 11 is 0. The fourth-order valence-corrected chi connectivity index (χ4v) is 11.4. The van der Waals surface area contributed by atoms with Gasteiger partial charge in [-0.15, -0.1) is 0 Å². The number of Topliss-reactive ketones (excluding diaryl/α,β-unsaturated/α-hetero) is 1. The number of aryl methyl sites for hydroxylation is 2. The summed E-state index contributed by atoms with van der Waals surface area (Å²) in [6, 6.07) is 14.5. The number of nitrogens with zero attached hydrogens (tertiary/aromatic N) is 9. The molecule has 27 heteroatoms. The van der Waals surface area contributed by atoms with E-state index in [1.54, 1.807) is 49.9 Å². The van der Waals surface area contributed by atoms with Gasteiger partial charge in [0.1, 0.15) is 17.8 Å². The molecule has 3 aliphatic rings. The summed E-state index contributed by atoms with van der Waals surface area (Å²) in [7, 11) is 0. The number of fused-ring (bicyclic) bond motifs is 1. The molecule has 4 heterocycles. The fourth-order valence-electron chi connectivity index (χ4n) is 11.4. The van der Waals surface area contributed by atoms with E-state index < -0.39 is 60.7 Å². The summed E-state index contributed by atoms with van der Waals surface area (Å²) in [5, 5.41) is 47.5. The van der Waals surface area contributed by atoms with Gasteiger partial charge in [-0.25, -0.2) is 8.78 Å². The van der Waals surface area contributed by atoms with Crippen LogP contribution < -0.4 is 20.7 Å². The van der Waals surface area contributed by atoms with Crippen molar-refractivity contribution in [3.05, 3.63) is 71.4 Å². The van der Waals surface area contributed by atoms with Crippen LogP contribution in [0.2, 0.25) is 0 Å². The molecule has 1 aromatic heterocycles. The van der Waals surface area contributed by atoms with Crippen LogP contribution in [0.15, 0.2) is 54.7 Å². The third-order valence-corrected chi connectivity index (χ3v) is 16.6. The van der Waals surface area contributed by atoms with Crippen LogP contribution in [0.4, 0.5) is 8.78 Å². The van der Waals surface area contributed by atoms with Crippen molar-refractivity contribution in [3.8, 4) is 11.8 Å². The molecule has 3 fully saturated rings. The van der Waals surface area contributed by atoms with Crippen molar-refractivity contribution >= 4 is 64.1 Å². The molecule has 3 aromatic rings. The maximum atomic E-state index is 13.9. The van der Waals surface area contributed by atoms with Crippen molar-refractivity contribution in [1.82, 2.24) is 55.2 Å². The number of ether oxygens (including phenoxy) is 1. The number of nitrogens with one attached hydrogen (secondary N) is 3. The third kappa shape index (κ3) is 26.2. The van der Waals surface area contributed by atoms with E-state index in [9.17, 15) is 72.5 Å². The lowest BCUT2D eigenvalue weighted by molar-refractivity contribution is -0.140. The van der Waals surface area contributed by atoms with Gasteiger partial charge in [-0.3, -0.25) is 72.6 Å². The molecule has 91 heavy (non-hydrogen) atoms. The molecule has 0 bridgehead atoms. The number of halogens is 2. The summed E-state index contributed by atoms with van der Waals surface area (Å²) in [6.07, 6.45) is 6.30. The molecule has 6 N–H and O–H groups in total. The lowest BCUT2D eigenvalue weighted by atomic mass is 10.0. The van der Waals surface area contributed by atoms with E-state index in [0.717, 1.165) is 23.4 Å². The minimum absolute atomic E-state index is 0.0520. The summed E-state index contributed by atoms with van der Waals surface area (Å²) in [5.41, 5.74) is 3.19. The van der Waals surface area contributed by atoms with Crippen LogP contribution in [-0.2, 0) is 44.8 Å². The SMILES string of the molecule is Cc1ccc(CCCC(=O)NCCCCC(NC(=O)CN2CCN(CC(=O)O)CCN(CC(=O)O)CCN(CC(=O)O)CC2)C(=O)NCCCCCC(=O)N2CCN(CCCOc3ccc4nccc(C(=O)CCC(=O)N5CC(F)(F)C[C@@H]5C#N)c4c3)CC2)cc1. The second-order valence-corrected chi connectivity index (χ2v) is 23.8. The molecule has 6 rings (SSSR count). The second kappa shape index (κ2) is 37.5. The first-order valence-corrected chi connectivity index (χ1v) is 31.7. The van der Waals surface area contributed by atoms with Crippen molar-refractivity contribution in [2.75, 3.05) is 138 Å². The number of alkyl halides is 2. The molecule has 0 saturated carbocycles. The number of nitriles is 1. The monoisotopic (exact) mass is 1270 g/mol. The standard InChI is InChI=1S/C64H90F2N12O13/c1-47-13-15-48(16-14-47)9-7-11-56(80)69-22-6-4-10-54(71-57(81)42-73-26-28-74(43-60(84)85)30-32-76(45-62(88)89)33-31-75(29-27-73)44-61(86)87)63(90)70-23-5-2-3-12-58(82)77-36-34-72(35-37-77)25-8-38-91-50-17-18-53-52(39-50)51(21-24-68-53)55(79)19-20-59(83)78-46-64(65,66)40-49(78)41-67/h13-18,21,24,39,49,54H,2-12,19-20,22-23,25-38,40,42-46H2,1H3,(H,69,80)(H,70,90)(H,71,81)(H,84,85)(H,86,87)(H,88,89)/t49-,54?/m1/s1. The number of carbonyl (C=O) groups is 9. The number of likely N-dealkylation sites (tertiary alicyclic amines) is 1. The number of carbonyl (C=O) groups excluding carboxylic acids is 6. The summed E-state index contributed by atoms with van der Waals surface area (Å²) in [5.74, 6) is -7.75. The van der Waals surface area contributed by atoms with Crippen LogP contribution in [-0.4, -0.2) is 263 Å². The number of hydrogen-bond acceptors (Lipinski definition) is 17.